The molecule has 1 saturated heterocycles. The van der Waals surface area contributed by atoms with E-state index in [-0.39, 0.29) is 12.3 Å². The molecule has 6 nitrogen and oxygen atoms in total. The van der Waals surface area contributed by atoms with E-state index < -0.39 is 5.76 Å². The largest absolute Gasteiger partial charge is 0.419 e. The zero-order valence-corrected chi connectivity index (χ0v) is 16.3. The Morgan fingerprint density at radius 2 is 1.86 bits per heavy atom. The van der Waals surface area contributed by atoms with E-state index in [1.54, 1.807) is 18.2 Å². The van der Waals surface area contributed by atoms with Gasteiger partial charge in [0.1, 0.15) is 6.54 Å². The molecule has 0 aliphatic carbocycles. The Hall–Kier alpha value is -2.57. The highest BCUT2D eigenvalue weighted by Gasteiger charge is 2.24. The molecule has 0 radical (unpaired) electrons. The van der Waals surface area contributed by atoms with Gasteiger partial charge in [0.15, 0.2) is 5.58 Å². The van der Waals surface area contributed by atoms with Gasteiger partial charge in [-0.2, -0.15) is 0 Å². The summed E-state index contributed by atoms with van der Waals surface area (Å²) in [6.07, 6.45) is 0.283. The summed E-state index contributed by atoms with van der Waals surface area (Å²) in [6, 6.07) is 15.5. The van der Waals surface area contributed by atoms with Gasteiger partial charge in [-0.15, -0.1) is 0 Å². The third-order valence-electron chi connectivity index (χ3n) is 5.30. The maximum Gasteiger partial charge on any atom is 0.419 e. The number of amides is 1. The molecule has 0 bridgehead atoms. The van der Waals surface area contributed by atoms with Crippen LogP contribution in [0, 0.1) is 0 Å². The summed E-state index contributed by atoms with van der Waals surface area (Å²) in [4.78, 5) is 28.1. The lowest BCUT2D eigenvalue weighted by Crippen LogP contribution is -3.13. The number of quaternary nitrogens is 1. The Kier molecular flexibility index (Phi) is 5.50. The lowest BCUT2D eigenvalue weighted by atomic mass is 10.2. The highest BCUT2D eigenvalue weighted by atomic mass is 35.5. The molecule has 3 aromatic rings. The molecule has 7 heteroatoms. The van der Waals surface area contributed by atoms with Gasteiger partial charge in [0, 0.05) is 29.6 Å². The third kappa shape index (κ3) is 4.13. The molecular weight excluding hydrogens is 378 g/mol. The zero-order chi connectivity index (χ0) is 19.5. The Bertz CT molecular complexity index is 1020. The Labute approximate surface area is 167 Å². The van der Waals surface area contributed by atoms with Crippen LogP contribution in [0.25, 0.3) is 11.1 Å². The number of nitrogens with zero attached hydrogens (tertiary/aromatic N) is 2. The van der Waals surface area contributed by atoms with E-state index >= 15 is 0 Å². The number of piperazine rings is 1. The minimum absolute atomic E-state index is 0.0778. The van der Waals surface area contributed by atoms with Crippen LogP contribution in [-0.2, 0) is 17.9 Å². The van der Waals surface area contributed by atoms with Crippen molar-refractivity contribution in [3.63, 3.8) is 0 Å². The van der Waals surface area contributed by atoms with E-state index in [9.17, 15) is 9.59 Å². The highest BCUT2D eigenvalue weighted by molar-refractivity contribution is 6.31. The van der Waals surface area contributed by atoms with Gasteiger partial charge < -0.3 is 14.2 Å². The number of aromatic nitrogens is 1. The van der Waals surface area contributed by atoms with Crippen LogP contribution < -0.4 is 10.7 Å². The summed E-state index contributed by atoms with van der Waals surface area (Å²) >= 11 is 5.94. The fourth-order valence-electron chi connectivity index (χ4n) is 3.75. The van der Waals surface area contributed by atoms with E-state index in [0.29, 0.717) is 22.7 Å². The number of nitrogens with one attached hydrogen (secondary N) is 1. The van der Waals surface area contributed by atoms with Crippen LogP contribution in [0.3, 0.4) is 0 Å². The van der Waals surface area contributed by atoms with Crippen LogP contribution in [0.5, 0.6) is 0 Å². The maximum absolute atomic E-state index is 12.6. The number of benzene rings is 2. The van der Waals surface area contributed by atoms with Crippen molar-refractivity contribution < 1.29 is 14.1 Å². The summed E-state index contributed by atoms with van der Waals surface area (Å²) in [7, 11) is 0. The first-order valence-electron chi connectivity index (χ1n) is 9.54. The fourth-order valence-corrected chi connectivity index (χ4v) is 3.91. The second kappa shape index (κ2) is 8.20. The van der Waals surface area contributed by atoms with Crippen molar-refractivity contribution in [2.45, 2.75) is 19.5 Å². The number of oxazole rings is 1. The van der Waals surface area contributed by atoms with Gasteiger partial charge >= 0.3 is 5.76 Å². The molecule has 0 atom stereocenters. The maximum atomic E-state index is 12.6. The molecule has 2 heterocycles. The summed E-state index contributed by atoms with van der Waals surface area (Å²) < 4.78 is 6.72. The van der Waals surface area contributed by atoms with Gasteiger partial charge in [-0.05, 0) is 12.1 Å². The minimum atomic E-state index is -0.456. The zero-order valence-electron chi connectivity index (χ0n) is 15.6. The summed E-state index contributed by atoms with van der Waals surface area (Å²) in [5, 5.41) is 0.514. The fraction of sp³-hybridized carbons (Fsp3) is 0.333. The summed E-state index contributed by atoms with van der Waals surface area (Å²) in [6.45, 7) is 4.67. The van der Waals surface area contributed by atoms with Crippen molar-refractivity contribution in [3.05, 3.63) is 69.7 Å². The molecule has 1 aromatic heterocycles. The van der Waals surface area contributed by atoms with Gasteiger partial charge in [0.25, 0.3) is 0 Å². The van der Waals surface area contributed by atoms with Gasteiger partial charge in [-0.1, -0.05) is 41.9 Å². The molecule has 146 valence electrons. The molecular formula is C21H23ClN3O3+. The number of hydrogen-bond donors (Lipinski definition) is 1. The SMILES string of the molecule is O=C(CCn1c(=O)oc2cc(Cl)ccc21)N1CC[NH+](Cc2ccccc2)CC1. The molecule has 28 heavy (non-hydrogen) atoms. The predicted octanol–water partition coefficient (Wildman–Crippen LogP) is 1.57. The van der Waals surface area contributed by atoms with Crippen LogP contribution in [0.2, 0.25) is 5.02 Å². The average molecular weight is 401 g/mol. The van der Waals surface area contributed by atoms with Gasteiger partial charge in [0.2, 0.25) is 5.91 Å². The number of carbonyl (C=O) groups excluding carboxylic acids is 1. The molecule has 4 rings (SSSR count). The normalized spacial score (nSPS) is 15.2. The molecule has 0 unspecified atom stereocenters. The van der Waals surface area contributed by atoms with Crippen molar-refractivity contribution >= 4 is 28.6 Å². The van der Waals surface area contributed by atoms with E-state index in [1.165, 1.54) is 15.0 Å². The second-order valence-electron chi connectivity index (χ2n) is 7.17. The predicted molar refractivity (Wildman–Crippen MR) is 108 cm³/mol. The molecule has 1 fully saturated rings. The number of aryl methyl sites for hydroxylation is 1. The molecule has 1 amide bonds. The van der Waals surface area contributed by atoms with Crippen LogP contribution in [-0.4, -0.2) is 41.6 Å². The van der Waals surface area contributed by atoms with E-state index in [4.69, 9.17) is 16.0 Å². The Morgan fingerprint density at radius 3 is 2.61 bits per heavy atom. The highest BCUT2D eigenvalue weighted by Crippen LogP contribution is 2.18. The topological polar surface area (TPSA) is 59.9 Å². The van der Waals surface area contributed by atoms with Crippen LogP contribution in [0.4, 0.5) is 0 Å². The number of fused-ring (bicyclic) bond motifs is 1. The molecule has 1 aliphatic heterocycles. The molecule has 2 aromatic carbocycles. The standard InChI is InChI=1S/C21H22ClN3O3/c22-17-6-7-18-19(14-17)28-21(27)25(18)9-8-20(26)24-12-10-23(11-13-24)15-16-4-2-1-3-5-16/h1-7,14H,8-13,15H2/p+1. The number of hydrogen-bond acceptors (Lipinski definition) is 3. The van der Waals surface area contributed by atoms with Gasteiger partial charge in [-0.3, -0.25) is 9.36 Å². The van der Waals surface area contributed by atoms with Crippen molar-refractivity contribution in [1.82, 2.24) is 9.47 Å². The molecule has 1 aliphatic rings. The third-order valence-corrected chi connectivity index (χ3v) is 5.53. The number of rotatable bonds is 5. The summed E-state index contributed by atoms with van der Waals surface area (Å²) in [5.74, 6) is -0.379. The van der Waals surface area contributed by atoms with Crippen molar-refractivity contribution in [2.24, 2.45) is 0 Å². The number of carbonyl (C=O) groups is 1. The van der Waals surface area contributed by atoms with Crippen LogP contribution in [0.1, 0.15) is 12.0 Å². The van der Waals surface area contributed by atoms with Gasteiger partial charge in [-0.25, -0.2) is 4.79 Å². The lowest BCUT2D eigenvalue weighted by Gasteiger charge is -2.32. The Morgan fingerprint density at radius 1 is 1.11 bits per heavy atom. The Balaban J connectivity index is 1.32. The molecule has 0 saturated carbocycles. The monoisotopic (exact) mass is 400 g/mol. The summed E-state index contributed by atoms with van der Waals surface area (Å²) in [5.41, 5.74) is 2.44. The lowest BCUT2D eigenvalue weighted by molar-refractivity contribution is -0.917. The van der Waals surface area contributed by atoms with Crippen LogP contribution >= 0.6 is 11.6 Å². The smallest absolute Gasteiger partial charge is 0.408 e. The number of halogens is 1. The van der Waals surface area contributed by atoms with Crippen molar-refractivity contribution in [1.29, 1.82) is 0 Å². The quantitative estimate of drug-likeness (QED) is 0.707. The van der Waals surface area contributed by atoms with Crippen molar-refractivity contribution in [3.8, 4) is 0 Å². The first-order valence-corrected chi connectivity index (χ1v) is 9.92. The first-order chi connectivity index (χ1) is 13.6. The van der Waals surface area contributed by atoms with E-state index in [2.05, 4.69) is 24.3 Å². The minimum Gasteiger partial charge on any atom is -0.408 e. The first kappa shape index (κ1) is 18.8. The van der Waals surface area contributed by atoms with Gasteiger partial charge in [0.05, 0.1) is 31.7 Å². The average Bonchev–Trinajstić information content (AvgIpc) is 3.01. The van der Waals surface area contributed by atoms with E-state index in [0.717, 1.165) is 32.7 Å². The second-order valence-corrected chi connectivity index (χ2v) is 7.61. The van der Waals surface area contributed by atoms with Crippen LogP contribution in [0.15, 0.2) is 57.7 Å². The van der Waals surface area contributed by atoms with E-state index in [1.807, 2.05) is 11.0 Å². The molecule has 0 spiro atoms. The molecule has 1 N–H and O–H groups in total. The van der Waals surface area contributed by atoms with Crippen molar-refractivity contribution in [2.75, 3.05) is 26.2 Å².